The largest absolute Gasteiger partial charge is 0.457 e. The zero-order chi connectivity index (χ0) is 29.0. The summed E-state index contributed by atoms with van der Waals surface area (Å²) < 4.78 is 5.99. The summed E-state index contributed by atoms with van der Waals surface area (Å²) in [5.74, 6) is 1.54. The van der Waals surface area contributed by atoms with Crippen molar-refractivity contribution in [2.75, 3.05) is 25.5 Å². The van der Waals surface area contributed by atoms with Crippen molar-refractivity contribution >= 4 is 24.6 Å². The van der Waals surface area contributed by atoms with Crippen molar-refractivity contribution in [3.63, 3.8) is 0 Å². The lowest BCUT2D eigenvalue weighted by molar-refractivity contribution is -0.110. The van der Waals surface area contributed by atoms with Gasteiger partial charge in [-0.2, -0.15) is 0 Å². The summed E-state index contributed by atoms with van der Waals surface area (Å²) in [5.41, 5.74) is 10.8. The molecule has 0 spiro atoms. The number of hydrogen-bond donors (Lipinski definition) is 6. The molecule has 0 saturated carbocycles. The fourth-order valence-electron chi connectivity index (χ4n) is 3.15. The van der Waals surface area contributed by atoms with Crippen LogP contribution in [0.15, 0.2) is 79.1 Å². The van der Waals surface area contributed by atoms with Crippen LogP contribution in [0.1, 0.15) is 11.1 Å². The van der Waals surface area contributed by atoms with Gasteiger partial charge in [0.1, 0.15) is 18.3 Å². The number of nitrogens with one attached hydrogen (secondary N) is 3. The van der Waals surface area contributed by atoms with Crippen LogP contribution in [0.5, 0.6) is 11.5 Å². The van der Waals surface area contributed by atoms with E-state index in [0.717, 1.165) is 34.3 Å². The lowest BCUT2D eigenvalue weighted by Gasteiger charge is -2.10. The number of carbonyl (C=O) groups is 2. The Morgan fingerprint density at radius 3 is 2.31 bits per heavy atom. The van der Waals surface area contributed by atoms with Crippen molar-refractivity contribution in [3.8, 4) is 22.9 Å². The van der Waals surface area contributed by atoms with Crippen LogP contribution in [-0.4, -0.2) is 59.7 Å². The zero-order valence-corrected chi connectivity index (χ0v) is 22.4. The third-order valence-corrected chi connectivity index (χ3v) is 4.88. The molecular formula is C29H37N5O5. The molecule has 0 aliphatic heterocycles. The van der Waals surface area contributed by atoms with E-state index in [1.165, 1.54) is 18.2 Å². The third-order valence-electron chi connectivity index (χ3n) is 4.88. The van der Waals surface area contributed by atoms with Gasteiger partial charge in [-0.15, -0.1) is 0 Å². The number of nitrogens with two attached hydrogens (primary N) is 1. The molecule has 1 atom stereocenters. The topological polar surface area (TPSA) is 163 Å². The van der Waals surface area contributed by atoms with Crippen LogP contribution in [0.2, 0.25) is 0 Å². The minimum Gasteiger partial charge on any atom is -0.457 e. The number of rotatable bonds is 9. The fourth-order valence-corrected chi connectivity index (χ4v) is 3.15. The van der Waals surface area contributed by atoms with Crippen LogP contribution < -0.4 is 21.1 Å². The van der Waals surface area contributed by atoms with Gasteiger partial charge in [0.15, 0.2) is 0 Å². The van der Waals surface area contributed by atoms with Crippen molar-refractivity contribution in [2.24, 2.45) is 5.73 Å². The highest BCUT2D eigenvalue weighted by Gasteiger charge is 2.05. The minimum absolute atomic E-state index is 0.111. The summed E-state index contributed by atoms with van der Waals surface area (Å²) in [6.45, 7) is 5.92. The summed E-state index contributed by atoms with van der Waals surface area (Å²) in [6, 6.07) is 22.1. The van der Waals surface area contributed by atoms with Crippen LogP contribution >= 0.6 is 0 Å². The number of aromatic amines is 1. The quantitative estimate of drug-likeness (QED) is 0.177. The highest BCUT2D eigenvalue weighted by molar-refractivity contribution is 5.61. The maximum Gasteiger partial charge on any atom is 0.207 e. The lowest BCUT2D eigenvalue weighted by atomic mass is 10.2. The molecular weight excluding hydrogens is 498 g/mol. The first-order chi connectivity index (χ1) is 19.0. The first kappa shape index (κ1) is 32.5. The Labute approximate surface area is 228 Å². The van der Waals surface area contributed by atoms with Crippen LogP contribution in [0, 0.1) is 13.8 Å². The summed E-state index contributed by atoms with van der Waals surface area (Å²) in [4.78, 5) is 25.2. The van der Waals surface area contributed by atoms with E-state index in [-0.39, 0.29) is 13.2 Å². The number of H-pyrrole nitrogens is 1. The number of hydrogen-bond acceptors (Lipinski definition) is 8. The molecule has 208 valence electrons. The van der Waals surface area contributed by atoms with Crippen molar-refractivity contribution in [1.82, 2.24) is 15.3 Å². The molecule has 4 aromatic rings. The predicted molar refractivity (Wildman–Crippen MR) is 154 cm³/mol. The van der Waals surface area contributed by atoms with E-state index in [1.807, 2.05) is 62.4 Å². The second kappa shape index (κ2) is 18.7. The minimum atomic E-state index is -0.833. The molecule has 4 rings (SSSR count). The molecule has 0 aliphatic rings. The van der Waals surface area contributed by atoms with Crippen molar-refractivity contribution in [1.29, 1.82) is 0 Å². The van der Waals surface area contributed by atoms with Gasteiger partial charge in [-0.25, -0.2) is 0 Å². The Bertz CT molecular complexity index is 1230. The highest BCUT2D eigenvalue weighted by atomic mass is 16.5. The van der Waals surface area contributed by atoms with Crippen molar-refractivity contribution < 1.29 is 24.5 Å². The number of ether oxygens (including phenoxy) is 1. The van der Waals surface area contributed by atoms with Gasteiger partial charge in [0.2, 0.25) is 6.41 Å². The number of benzene rings is 2. The predicted octanol–water partition coefficient (Wildman–Crippen LogP) is 3.71. The number of carbonyl (C=O) groups excluding carboxylic acids is 2. The summed E-state index contributed by atoms with van der Waals surface area (Å²) in [7, 11) is 1.50. The number of nitrogens with zero attached hydrogens (tertiary/aromatic N) is 1. The molecule has 0 aliphatic carbocycles. The number of aryl methyl sites for hydroxylation is 2. The summed E-state index contributed by atoms with van der Waals surface area (Å²) >= 11 is 0. The third kappa shape index (κ3) is 12.1. The average Bonchev–Trinajstić information content (AvgIpc) is 3.42. The first-order valence-corrected chi connectivity index (χ1v) is 12.0. The standard InChI is InChI=1S/C23H21N3O.C4H9NO3.CH5N.CH2O/c1-16-4-3-5-19(12-16)26-18-6-8-20(9-7-18)27-21-10-11-24-23(14-21)22-13-17(2)15-25-22;6-2-4(8)1-5-3-7;2*1-2/h3-15,25-26H,1-2H3;3-4,6,8H,1-2H2,(H,5,7);2H2,1H3;1H2. The molecule has 7 N–H and O–H groups in total. The highest BCUT2D eigenvalue weighted by Crippen LogP contribution is 2.27. The number of aliphatic hydroxyl groups is 2. The fraction of sp³-hybridized carbons (Fsp3) is 0.207. The molecule has 0 bridgehead atoms. The summed E-state index contributed by atoms with van der Waals surface area (Å²) in [6.07, 6.45) is 3.36. The number of anilines is 2. The van der Waals surface area contributed by atoms with Gasteiger partial charge in [-0.1, -0.05) is 12.1 Å². The smallest absolute Gasteiger partial charge is 0.207 e. The Balaban J connectivity index is 0.000000542. The SMILES string of the molecule is C=O.CN.Cc1cccc(Nc2ccc(Oc3ccnc(-c4cc(C)c[nH]4)c3)cc2)c1.O=CNCC(O)CO. The maximum atomic E-state index is 9.52. The van der Waals surface area contributed by atoms with Crippen molar-refractivity contribution in [2.45, 2.75) is 20.0 Å². The Morgan fingerprint density at radius 1 is 1.00 bits per heavy atom. The van der Waals surface area contributed by atoms with Crippen LogP contribution in [-0.2, 0) is 9.59 Å². The molecule has 1 amide bonds. The van der Waals surface area contributed by atoms with E-state index in [4.69, 9.17) is 19.7 Å². The Kier molecular flexibility index (Phi) is 15.6. The normalized spacial score (nSPS) is 10.2. The molecule has 10 nitrogen and oxygen atoms in total. The molecule has 0 radical (unpaired) electrons. The van der Waals surface area contributed by atoms with Crippen LogP contribution in [0.4, 0.5) is 11.4 Å². The van der Waals surface area contributed by atoms with E-state index in [0.29, 0.717) is 6.41 Å². The number of pyridine rings is 1. The van der Waals surface area contributed by atoms with Gasteiger partial charge < -0.3 is 41.1 Å². The molecule has 0 saturated heterocycles. The second-order valence-electron chi connectivity index (χ2n) is 7.95. The lowest BCUT2D eigenvalue weighted by Crippen LogP contribution is -2.28. The summed E-state index contributed by atoms with van der Waals surface area (Å²) in [5, 5.41) is 22.3. The van der Waals surface area contributed by atoms with Gasteiger partial charge in [0, 0.05) is 36.4 Å². The van der Waals surface area contributed by atoms with Crippen LogP contribution in [0.25, 0.3) is 11.4 Å². The average molecular weight is 536 g/mol. The molecule has 2 aromatic heterocycles. The molecule has 10 heteroatoms. The molecule has 2 heterocycles. The van der Waals surface area contributed by atoms with E-state index < -0.39 is 6.10 Å². The van der Waals surface area contributed by atoms with E-state index in [1.54, 1.807) is 6.20 Å². The van der Waals surface area contributed by atoms with Crippen LogP contribution in [0.3, 0.4) is 0 Å². The van der Waals surface area contributed by atoms with Gasteiger partial charge in [0.25, 0.3) is 0 Å². The second-order valence-corrected chi connectivity index (χ2v) is 7.95. The Hall–Kier alpha value is -4.51. The zero-order valence-electron chi connectivity index (χ0n) is 22.4. The first-order valence-electron chi connectivity index (χ1n) is 12.0. The molecule has 0 fully saturated rings. The van der Waals surface area contributed by atoms with Crippen molar-refractivity contribution in [3.05, 3.63) is 90.3 Å². The molecule has 1 unspecified atom stereocenters. The van der Waals surface area contributed by atoms with E-state index in [2.05, 4.69) is 57.5 Å². The van der Waals surface area contributed by atoms with Gasteiger partial charge in [0.05, 0.1) is 24.1 Å². The number of aromatic nitrogens is 2. The monoisotopic (exact) mass is 535 g/mol. The number of amides is 1. The van der Waals surface area contributed by atoms with E-state index in [9.17, 15) is 4.79 Å². The molecule has 39 heavy (non-hydrogen) atoms. The van der Waals surface area contributed by atoms with Gasteiger partial charge >= 0.3 is 0 Å². The van der Waals surface area contributed by atoms with E-state index >= 15 is 0 Å². The Morgan fingerprint density at radius 2 is 1.72 bits per heavy atom. The maximum absolute atomic E-state index is 9.52. The number of aliphatic hydroxyl groups excluding tert-OH is 2. The van der Waals surface area contributed by atoms with Gasteiger partial charge in [-0.05, 0) is 80.6 Å². The van der Waals surface area contributed by atoms with Gasteiger partial charge in [-0.3, -0.25) is 9.78 Å². The molecule has 2 aromatic carbocycles.